The molecule has 6 heteroatoms. The monoisotopic (exact) mass is 282 g/mol. The minimum atomic E-state index is -4.86. The molecule has 0 amide bonds. The van der Waals surface area contributed by atoms with E-state index >= 15 is 0 Å². The van der Waals surface area contributed by atoms with Crippen molar-refractivity contribution in [3.63, 3.8) is 0 Å². The lowest BCUT2D eigenvalue weighted by Gasteiger charge is -2.16. The highest BCUT2D eigenvalue weighted by Gasteiger charge is 2.38. The van der Waals surface area contributed by atoms with Crippen molar-refractivity contribution in [2.75, 3.05) is 0 Å². The Hall–Kier alpha value is -2.50. The molecule has 0 aromatic heterocycles. The number of aromatic carboxylic acids is 1. The summed E-state index contributed by atoms with van der Waals surface area (Å²) in [6, 6.07) is 9.64. The molecule has 0 aliphatic rings. The predicted molar refractivity (Wildman–Crippen MR) is 65.5 cm³/mol. The third-order valence-electron chi connectivity index (χ3n) is 2.78. The number of carbonyl (C=O) groups is 1. The Balaban J connectivity index is 2.77. The summed E-state index contributed by atoms with van der Waals surface area (Å²) in [6.07, 6.45) is -4.86. The molecule has 0 heterocycles. The lowest BCUT2D eigenvalue weighted by atomic mass is 9.96. The van der Waals surface area contributed by atoms with Gasteiger partial charge in [0.15, 0.2) is 0 Å². The molecule has 3 nitrogen and oxygen atoms in total. The van der Waals surface area contributed by atoms with Gasteiger partial charge in [-0.3, -0.25) is 0 Å². The second-order valence-corrected chi connectivity index (χ2v) is 4.05. The molecular formula is C14H9F3O3. The Bertz CT molecular complexity index is 649. The number of phenols is 1. The molecule has 0 atom stereocenters. The third-order valence-corrected chi connectivity index (χ3v) is 2.78. The van der Waals surface area contributed by atoms with Gasteiger partial charge in [-0.1, -0.05) is 36.4 Å². The number of benzene rings is 2. The second-order valence-electron chi connectivity index (χ2n) is 4.05. The molecular weight excluding hydrogens is 273 g/mol. The van der Waals surface area contributed by atoms with E-state index in [9.17, 15) is 23.1 Å². The van der Waals surface area contributed by atoms with Gasteiger partial charge in [0.25, 0.3) is 0 Å². The van der Waals surface area contributed by atoms with Crippen LogP contribution in [0.1, 0.15) is 15.9 Å². The highest BCUT2D eigenvalue weighted by atomic mass is 19.4. The van der Waals surface area contributed by atoms with Crippen LogP contribution in [0.25, 0.3) is 11.1 Å². The minimum Gasteiger partial charge on any atom is -0.506 e. The fraction of sp³-hybridized carbons (Fsp3) is 0.0714. The minimum absolute atomic E-state index is 0.243. The quantitative estimate of drug-likeness (QED) is 0.881. The molecule has 0 aliphatic heterocycles. The predicted octanol–water partition coefficient (Wildman–Crippen LogP) is 3.78. The van der Waals surface area contributed by atoms with Crippen LogP contribution in [0.15, 0.2) is 42.5 Å². The van der Waals surface area contributed by atoms with Crippen LogP contribution in [0.2, 0.25) is 0 Å². The molecule has 0 saturated carbocycles. The van der Waals surface area contributed by atoms with Crippen LogP contribution in [-0.2, 0) is 6.18 Å². The first-order valence-electron chi connectivity index (χ1n) is 5.54. The van der Waals surface area contributed by atoms with Gasteiger partial charge in [-0.05, 0) is 17.2 Å². The molecule has 0 fully saturated rings. The van der Waals surface area contributed by atoms with Gasteiger partial charge in [0, 0.05) is 0 Å². The molecule has 2 aromatic rings. The highest BCUT2D eigenvalue weighted by molar-refractivity contribution is 5.93. The Morgan fingerprint density at radius 3 is 2.10 bits per heavy atom. The van der Waals surface area contributed by atoms with Crippen LogP contribution in [0, 0.1) is 0 Å². The zero-order valence-corrected chi connectivity index (χ0v) is 9.98. The molecule has 0 radical (unpaired) electrons. The molecule has 2 rings (SSSR count). The molecule has 104 valence electrons. The zero-order chi connectivity index (χ0) is 14.9. The van der Waals surface area contributed by atoms with E-state index in [2.05, 4.69) is 0 Å². The van der Waals surface area contributed by atoms with Crippen LogP contribution < -0.4 is 0 Å². The molecule has 0 unspecified atom stereocenters. The maximum absolute atomic E-state index is 13.1. The number of aromatic hydroxyl groups is 1. The smallest absolute Gasteiger partial charge is 0.420 e. The normalized spacial score (nSPS) is 11.3. The van der Waals surface area contributed by atoms with Crippen LogP contribution >= 0.6 is 0 Å². The largest absolute Gasteiger partial charge is 0.506 e. The summed E-state index contributed by atoms with van der Waals surface area (Å²) in [6.45, 7) is 0. The van der Waals surface area contributed by atoms with E-state index in [1.807, 2.05) is 0 Å². The maximum Gasteiger partial charge on any atom is 0.420 e. The topological polar surface area (TPSA) is 57.5 Å². The van der Waals surface area contributed by atoms with Gasteiger partial charge < -0.3 is 10.2 Å². The number of alkyl halides is 3. The number of carboxylic acid groups (broad SMARTS) is 1. The van der Waals surface area contributed by atoms with E-state index in [1.165, 1.54) is 12.1 Å². The van der Waals surface area contributed by atoms with Crippen molar-refractivity contribution >= 4 is 5.97 Å². The molecule has 0 bridgehead atoms. The van der Waals surface area contributed by atoms with Gasteiger partial charge in [-0.25, -0.2) is 4.79 Å². The van der Waals surface area contributed by atoms with Gasteiger partial charge >= 0.3 is 12.1 Å². The van der Waals surface area contributed by atoms with Gasteiger partial charge in [-0.15, -0.1) is 0 Å². The van der Waals surface area contributed by atoms with Crippen molar-refractivity contribution in [2.45, 2.75) is 6.18 Å². The second kappa shape index (κ2) is 4.88. The fourth-order valence-electron chi connectivity index (χ4n) is 1.91. The lowest BCUT2D eigenvalue weighted by Crippen LogP contribution is -2.10. The average molecular weight is 282 g/mol. The first-order valence-corrected chi connectivity index (χ1v) is 5.54. The summed E-state index contributed by atoms with van der Waals surface area (Å²) in [5.74, 6) is -2.89. The maximum atomic E-state index is 13.1. The standard InChI is InChI=1S/C14H9F3O3/c15-14(16,17)11-9(8-4-2-1-3-5-8)6-7-10(12(11)18)13(19)20/h1-7,18H,(H,19,20). The van der Waals surface area contributed by atoms with E-state index in [0.717, 1.165) is 12.1 Å². The van der Waals surface area contributed by atoms with Crippen molar-refractivity contribution in [2.24, 2.45) is 0 Å². The van der Waals surface area contributed by atoms with E-state index in [-0.39, 0.29) is 11.1 Å². The number of halogens is 3. The highest BCUT2D eigenvalue weighted by Crippen LogP contribution is 2.43. The van der Waals surface area contributed by atoms with E-state index in [0.29, 0.717) is 0 Å². The average Bonchev–Trinajstić information content (AvgIpc) is 2.37. The molecule has 0 saturated heterocycles. The van der Waals surface area contributed by atoms with Gasteiger partial charge in [0.1, 0.15) is 16.9 Å². The summed E-state index contributed by atoms with van der Waals surface area (Å²) in [5.41, 5.74) is -2.15. The van der Waals surface area contributed by atoms with Crippen molar-refractivity contribution in [3.05, 3.63) is 53.6 Å². The van der Waals surface area contributed by atoms with Crippen molar-refractivity contribution in [3.8, 4) is 16.9 Å². The summed E-state index contributed by atoms with van der Waals surface area (Å²) in [7, 11) is 0. The number of carboxylic acids is 1. The number of rotatable bonds is 2. The Morgan fingerprint density at radius 2 is 1.60 bits per heavy atom. The molecule has 0 spiro atoms. The van der Waals surface area contributed by atoms with Crippen LogP contribution in [0.3, 0.4) is 0 Å². The van der Waals surface area contributed by atoms with Gasteiger partial charge in [0.2, 0.25) is 0 Å². The van der Waals surface area contributed by atoms with Crippen LogP contribution in [0.4, 0.5) is 13.2 Å². The van der Waals surface area contributed by atoms with Gasteiger partial charge in [-0.2, -0.15) is 13.2 Å². The van der Waals surface area contributed by atoms with E-state index in [4.69, 9.17) is 5.11 Å². The zero-order valence-electron chi connectivity index (χ0n) is 9.98. The number of hydrogen-bond donors (Lipinski definition) is 2. The third kappa shape index (κ3) is 2.45. The molecule has 2 aromatic carbocycles. The summed E-state index contributed by atoms with van der Waals surface area (Å²) in [4.78, 5) is 10.8. The van der Waals surface area contributed by atoms with Gasteiger partial charge in [0.05, 0.1) is 0 Å². The van der Waals surface area contributed by atoms with Crippen molar-refractivity contribution in [1.82, 2.24) is 0 Å². The fourth-order valence-corrected chi connectivity index (χ4v) is 1.91. The first-order chi connectivity index (χ1) is 9.32. The summed E-state index contributed by atoms with van der Waals surface area (Å²) < 4.78 is 39.3. The van der Waals surface area contributed by atoms with Crippen molar-refractivity contribution in [1.29, 1.82) is 0 Å². The summed E-state index contributed by atoms with van der Waals surface area (Å²) >= 11 is 0. The van der Waals surface area contributed by atoms with E-state index < -0.39 is 29.0 Å². The summed E-state index contributed by atoms with van der Waals surface area (Å²) in [5, 5.41) is 18.4. The molecule has 2 N–H and O–H groups in total. The van der Waals surface area contributed by atoms with Crippen LogP contribution in [0.5, 0.6) is 5.75 Å². The van der Waals surface area contributed by atoms with E-state index in [1.54, 1.807) is 18.2 Å². The van der Waals surface area contributed by atoms with Crippen molar-refractivity contribution < 1.29 is 28.2 Å². The Labute approximate surface area is 111 Å². The lowest BCUT2D eigenvalue weighted by molar-refractivity contribution is -0.138. The Kier molecular flexibility index (Phi) is 3.40. The Morgan fingerprint density at radius 1 is 1.00 bits per heavy atom. The molecule has 0 aliphatic carbocycles. The van der Waals surface area contributed by atoms with Crippen LogP contribution in [-0.4, -0.2) is 16.2 Å². The number of hydrogen-bond acceptors (Lipinski definition) is 2. The molecule has 20 heavy (non-hydrogen) atoms. The SMILES string of the molecule is O=C(O)c1ccc(-c2ccccc2)c(C(F)(F)F)c1O. The first kappa shape index (κ1) is 13.9.